The van der Waals surface area contributed by atoms with Crippen LogP contribution in [0.15, 0.2) is 59.6 Å². The molecule has 31 heavy (non-hydrogen) atoms. The first kappa shape index (κ1) is 21.3. The Balaban J connectivity index is 1.50. The molecule has 8 heteroatoms. The molecule has 0 unspecified atom stereocenters. The van der Waals surface area contributed by atoms with Gasteiger partial charge in [0, 0.05) is 36.3 Å². The summed E-state index contributed by atoms with van der Waals surface area (Å²) in [4.78, 5) is 17.1. The molecule has 1 aromatic heterocycles. The average Bonchev–Trinajstić information content (AvgIpc) is 2.78. The summed E-state index contributed by atoms with van der Waals surface area (Å²) < 4.78 is 33.5. The van der Waals surface area contributed by atoms with Crippen molar-refractivity contribution >= 4 is 32.5 Å². The van der Waals surface area contributed by atoms with Crippen LogP contribution in [-0.4, -0.2) is 43.8 Å². The van der Waals surface area contributed by atoms with Crippen LogP contribution in [0.4, 0.5) is 5.69 Å². The summed E-state index contributed by atoms with van der Waals surface area (Å²) in [6.45, 7) is 2.56. The number of fused-ring (bicyclic) bond motifs is 1. The number of hydrogen-bond donors (Lipinski definition) is 1. The number of anilines is 1. The van der Waals surface area contributed by atoms with Crippen molar-refractivity contribution in [2.75, 3.05) is 25.5 Å². The van der Waals surface area contributed by atoms with E-state index in [1.807, 2.05) is 31.2 Å². The summed E-state index contributed by atoms with van der Waals surface area (Å²) in [7, 11) is -2.19. The summed E-state index contributed by atoms with van der Waals surface area (Å²) in [6, 6.07) is 14.3. The van der Waals surface area contributed by atoms with Gasteiger partial charge < -0.3 is 10.1 Å². The minimum Gasteiger partial charge on any atom is -0.494 e. The molecule has 0 saturated carbocycles. The van der Waals surface area contributed by atoms with Crippen LogP contribution in [0, 0.1) is 12.8 Å². The van der Waals surface area contributed by atoms with Gasteiger partial charge in [-0.25, -0.2) is 8.42 Å². The van der Waals surface area contributed by atoms with E-state index >= 15 is 0 Å². The third-order valence-electron chi connectivity index (χ3n) is 5.64. The molecule has 3 aromatic rings. The Labute approximate surface area is 182 Å². The molecule has 1 aliphatic heterocycles. The molecular formula is C23H25N3O4S. The van der Waals surface area contributed by atoms with E-state index in [0.29, 0.717) is 42.6 Å². The Bertz CT molecular complexity index is 1220. The number of hydrogen-bond acceptors (Lipinski definition) is 5. The number of piperidine rings is 1. The quantitative estimate of drug-likeness (QED) is 0.656. The normalized spacial score (nSPS) is 15.7. The van der Waals surface area contributed by atoms with Crippen LogP contribution < -0.4 is 10.1 Å². The van der Waals surface area contributed by atoms with E-state index in [1.165, 1.54) is 11.4 Å². The number of carbonyl (C=O) groups is 1. The standard InChI is InChI=1S/C23H25N3O4S/c1-16-5-3-6-18(15-16)25-23(27)17-10-13-26(14-11-17)31(28,29)21-9-8-20(30-2)22-19(21)7-4-12-24-22/h3-9,12,15,17H,10-11,13-14H2,1-2H3,(H,25,27). The third kappa shape index (κ3) is 4.26. The lowest BCUT2D eigenvalue weighted by Gasteiger charge is -2.31. The van der Waals surface area contributed by atoms with Crippen molar-refractivity contribution in [3.05, 3.63) is 60.3 Å². The van der Waals surface area contributed by atoms with Crippen molar-refractivity contribution in [2.45, 2.75) is 24.7 Å². The molecule has 162 valence electrons. The number of ether oxygens (including phenoxy) is 1. The van der Waals surface area contributed by atoms with Gasteiger partial charge in [-0.15, -0.1) is 0 Å². The summed E-state index contributed by atoms with van der Waals surface area (Å²) in [6.07, 6.45) is 2.56. The lowest BCUT2D eigenvalue weighted by Crippen LogP contribution is -2.41. The van der Waals surface area contributed by atoms with Gasteiger partial charge in [0.2, 0.25) is 15.9 Å². The fourth-order valence-corrected chi connectivity index (χ4v) is 5.63. The van der Waals surface area contributed by atoms with Crippen molar-refractivity contribution in [3.63, 3.8) is 0 Å². The molecule has 1 amide bonds. The maximum Gasteiger partial charge on any atom is 0.243 e. The van der Waals surface area contributed by atoms with Gasteiger partial charge in [-0.3, -0.25) is 9.78 Å². The Kier molecular flexibility index (Phi) is 5.93. The Morgan fingerprint density at radius 2 is 1.90 bits per heavy atom. The van der Waals surface area contributed by atoms with Crippen LogP contribution in [0.2, 0.25) is 0 Å². The van der Waals surface area contributed by atoms with E-state index in [-0.39, 0.29) is 16.7 Å². The van der Waals surface area contributed by atoms with Crippen LogP contribution in [-0.2, 0) is 14.8 Å². The first-order chi connectivity index (χ1) is 14.9. The summed E-state index contributed by atoms with van der Waals surface area (Å²) in [5.41, 5.74) is 2.34. The maximum absolute atomic E-state index is 13.4. The summed E-state index contributed by atoms with van der Waals surface area (Å²) in [5, 5.41) is 3.47. The number of benzene rings is 2. The predicted octanol–water partition coefficient (Wildman–Crippen LogP) is 3.59. The van der Waals surface area contributed by atoms with Gasteiger partial charge >= 0.3 is 0 Å². The second-order valence-electron chi connectivity index (χ2n) is 7.70. The van der Waals surface area contributed by atoms with E-state index in [1.54, 1.807) is 30.5 Å². The second kappa shape index (κ2) is 8.64. The monoisotopic (exact) mass is 439 g/mol. The fraction of sp³-hybridized carbons (Fsp3) is 0.304. The summed E-state index contributed by atoms with van der Waals surface area (Å²) in [5.74, 6) is 0.240. The lowest BCUT2D eigenvalue weighted by molar-refractivity contribution is -0.120. The topological polar surface area (TPSA) is 88.6 Å². The van der Waals surface area contributed by atoms with Gasteiger partial charge in [0.15, 0.2) is 0 Å². The Morgan fingerprint density at radius 1 is 1.13 bits per heavy atom. The highest BCUT2D eigenvalue weighted by Crippen LogP contribution is 2.32. The molecule has 0 spiro atoms. The highest BCUT2D eigenvalue weighted by atomic mass is 32.2. The van der Waals surface area contributed by atoms with Crippen molar-refractivity contribution in [1.82, 2.24) is 9.29 Å². The van der Waals surface area contributed by atoms with Gasteiger partial charge in [0.1, 0.15) is 11.3 Å². The number of methoxy groups -OCH3 is 1. The fourth-order valence-electron chi connectivity index (χ4n) is 3.97. The van der Waals surface area contributed by atoms with E-state index in [0.717, 1.165) is 11.3 Å². The van der Waals surface area contributed by atoms with E-state index < -0.39 is 10.0 Å². The van der Waals surface area contributed by atoms with Crippen molar-refractivity contribution < 1.29 is 17.9 Å². The van der Waals surface area contributed by atoms with Gasteiger partial charge in [-0.1, -0.05) is 12.1 Å². The largest absolute Gasteiger partial charge is 0.494 e. The number of pyridine rings is 1. The number of amides is 1. The first-order valence-electron chi connectivity index (χ1n) is 10.2. The van der Waals surface area contributed by atoms with Gasteiger partial charge in [-0.2, -0.15) is 4.31 Å². The van der Waals surface area contributed by atoms with E-state index in [9.17, 15) is 13.2 Å². The Hall–Kier alpha value is -2.97. The molecule has 2 heterocycles. The molecule has 7 nitrogen and oxygen atoms in total. The number of sulfonamides is 1. The highest BCUT2D eigenvalue weighted by Gasteiger charge is 2.33. The van der Waals surface area contributed by atoms with Gasteiger partial charge in [0.05, 0.1) is 12.0 Å². The molecule has 0 atom stereocenters. The molecule has 0 aliphatic carbocycles. The molecule has 2 aromatic carbocycles. The van der Waals surface area contributed by atoms with Crippen LogP contribution in [0.5, 0.6) is 5.75 Å². The number of carbonyl (C=O) groups excluding carboxylic acids is 1. The SMILES string of the molecule is COc1ccc(S(=O)(=O)N2CCC(C(=O)Nc3cccc(C)c3)CC2)c2cccnc12. The van der Waals surface area contributed by atoms with Crippen molar-refractivity contribution in [2.24, 2.45) is 5.92 Å². The number of rotatable bonds is 5. The maximum atomic E-state index is 13.4. The van der Waals surface area contributed by atoms with Gasteiger partial charge in [0.25, 0.3) is 0 Å². The van der Waals surface area contributed by atoms with Crippen LogP contribution >= 0.6 is 0 Å². The lowest BCUT2D eigenvalue weighted by atomic mass is 9.97. The molecule has 1 saturated heterocycles. The van der Waals surface area contributed by atoms with E-state index in [2.05, 4.69) is 10.3 Å². The van der Waals surface area contributed by atoms with Crippen LogP contribution in [0.25, 0.3) is 10.9 Å². The van der Waals surface area contributed by atoms with E-state index in [4.69, 9.17) is 4.74 Å². The van der Waals surface area contributed by atoms with Gasteiger partial charge in [-0.05, 0) is 61.7 Å². The number of aryl methyl sites for hydroxylation is 1. The van der Waals surface area contributed by atoms with Crippen molar-refractivity contribution in [3.8, 4) is 5.75 Å². The zero-order chi connectivity index (χ0) is 22.0. The first-order valence-corrected chi connectivity index (χ1v) is 11.6. The minimum absolute atomic E-state index is 0.0678. The predicted molar refractivity (Wildman–Crippen MR) is 120 cm³/mol. The zero-order valence-electron chi connectivity index (χ0n) is 17.5. The number of nitrogens with one attached hydrogen (secondary N) is 1. The van der Waals surface area contributed by atoms with Crippen molar-refractivity contribution in [1.29, 1.82) is 0 Å². The smallest absolute Gasteiger partial charge is 0.243 e. The molecule has 0 radical (unpaired) electrons. The van der Waals surface area contributed by atoms with Crippen LogP contribution in [0.3, 0.4) is 0 Å². The average molecular weight is 440 g/mol. The number of nitrogens with zero attached hydrogens (tertiary/aromatic N) is 2. The molecule has 1 aliphatic rings. The molecule has 1 fully saturated rings. The van der Waals surface area contributed by atoms with Crippen LogP contribution in [0.1, 0.15) is 18.4 Å². The zero-order valence-corrected chi connectivity index (χ0v) is 18.4. The Morgan fingerprint density at radius 3 is 2.61 bits per heavy atom. The second-order valence-corrected chi connectivity index (χ2v) is 9.61. The minimum atomic E-state index is -3.72. The third-order valence-corrected chi connectivity index (χ3v) is 7.60. The number of aromatic nitrogens is 1. The molecule has 0 bridgehead atoms. The molecule has 1 N–H and O–H groups in total. The molecule has 4 rings (SSSR count). The summed E-state index contributed by atoms with van der Waals surface area (Å²) >= 11 is 0. The highest BCUT2D eigenvalue weighted by molar-refractivity contribution is 7.89. The molecular weight excluding hydrogens is 414 g/mol.